The summed E-state index contributed by atoms with van der Waals surface area (Å²) >= 11 is 0. The molecule has 4 heteroatoms. The van der Waals surface area contributed by atoms with E-state index >= 15 is 0 Å². The van der Waals surface area contributed by atoms with Crippen molar-refractivity contribution in [2.75, 3.05) is 5.32 Å². The summed E-state index contributed by atoms with van der Waals surface area (Å²) in [6.45, 7) is 4.11. The second-order valence-electron chi connectivity index (χ2n) is 6.92. The van der Waals surface area contributed by atoms with Crippen molar-refractivity contribution in [3.63, 3.8) is 0 Å². The molecule has 4 nitrogen and oxygen atoms in total. The molecule has 0 fully saturated rings. The lowest BCUT2D eigenvalue weighted by molar-refractivity contribution is 0.471. The Bertz CT molecular complexity index is 1110. The molecule has 0 saturated carbocycles. The zero-order chi connectivity index (χ0) is 19.5. The summed E-state index contributed by atoms with van der Waals surface area (Å²) < 4.78 is 0. The van der Waals surface area contributed by atoms with Gasteiger partial charge in [-0.25, -0.2) is 4.98 Å². The van der Waals surface area contributed by atoms with Crippen molar-refractivity contribution in [3.05, 3.63) is 95.3 Å². The highest BCUT2D eigenvalue weighted by atomic mass is 16.3. The number of aromatic hydroxyl groups is 1. The lowest BCUT2D eigenvalue weighted by atomic mass is 9.95. The fraction of sp³-hybridized carbons (Fsp3) is 0.167. The zero-order valence-corrected chi connectivity index (χ0v) is 16.1. The van der Waals surface area contributed by atoms with Crippen LogP contribution in [0, 0.1) is 6.92 Å². The van der Waals surface area contributed by atoms with Crippen molar-refractivity contribution in [3.8, 4) is 5.75 Å². The van der Waals surface area contributed by atoms with E-state index in [1.807, 2.05) is 49.4 Å². The van der Waals surface area contributed by atoms with Crippen LogP contribution >= 0.6 is 0 Å². The summed E-state index contributed by atoms with van der Waals surface area (Å²) in [4.78, 5) is 8.95. The van der Waals surface area contributed by atoms with Gasteiger partial charge in [-0.15, -0.1) is 0 Å². The van der Waals surface area contributed by atoms with Gasteiger partial charge in [0.15, 0.2) is 0 Å². The van der Waals surface area contributed by atoms with E-state index in [2.05, 4.69) is 46.5 Å². The first kappa shape index (κ1) is 18.0. The van der Waals surface area contributed by atoms with Gasteiger partial charge in [-0.05, 0) is 42.7 Å². The Hall–Kier alpha value is -3.40. The van der Waals surface area contributed by atoms with Gasteiger partial charge in [0.1, 0.15) is 17.1 Å². The van der Waals surface area contributed by atoms with Crippen LogP contribution in [0.4, 0.5) is 5.82 Å². The summed E-state index contributed by atoms with van der Waals surface area (Å²) in [5.41, 5.74) is 4.66. The Labute approximate surface area is 164 Å². The molecule has 0 amide bonds. The van der Waals surface area contributed by atoms with Crippen LogP contribution in [0.25, 0.3) is 10.9 Å². The van der Waals surface area contributed by atoms with Crippen molar-refractivity contribution in [1.82, 2.24) is 9.97 Å². The predicted octanol–water partition coefficient (Wildman–Crippen LogP) is 5.41. The number of fused-ring (bicyclic) bond motifs is 1. The van der Waals surface area contributed by atoms with Crippen molar-refractivity contribution in [2.45, 2.75) is 26.3 Å². The van der Waals surface area contributed by atoms with E-state index < -0.39 is 0 Å². The first-order valence-corrected chi connectivity index (χ1v) is 9.51. The molecule has 0 bridgehead atoms. The number of aryl methyl sites for hydroxylation is 2. The van der Waals surface area contributed by atoms with Gasteiger partial charge in [0, 0.05) is 22.8 Å². The summed E-state index contributed by atoms with van der Waals surface area (Å²) in [7, 11) is 0. The molecule has 0 saturated heterocycles. The molecule has 1 atom stereocenters. The van der Waals surface area contributed by atoms with Crippen LogP contribution in [-0.2, 0) is 6.42 Å². The van der Waals surface area contributed by atoms with Crippen LogP contribution < -0.4 is 5.32 Å². The SMILES string of the molecule is CCc1ccc(C(Nc2cccc(C)n2)c2ccc3cccnc3c2O)cc1. The van der Waals surface area contributed by atoms with E-state index in [9.17, 15) is 5.11 Å². The molecular weight excluding hydrogens is 346 g/mol. The number of phenolic OH excluding ortho intramolecular Hbond substituents is 1. The minimum Gasteiger partial charge on any atom is -0.505 e. The van der Waals surface area contributed by atoms with Gasteiger partial charge in [-0.3, -0.25) is 4.98 Å². The van der Waals surface area contributed by atoms with Crippen LogP contribution in [0.5, 0.6) is 5.75 Å². The van der Waals surface area contributed by atoms with Gasteiger partial charge < -0.3 is 10.4 Å². The molecular formula is C24H23N3O. The molecule has 1 unspecified atom stereocenters. The average molecular weight is 369 g/mol. The topological polar surface area (TPSA) is 58.0 Å². The number of hydrogen-bond acceptors (Lipinski definition) is 4. The molecule has 4 rings (SSSR count). The monoisotopic (exact) mass is 369 g/mol. The van der Waals surface area contributed by atoms with Crippen molar-refractivity contribution >= 4 is 16.7 Å². The molecule has 2 aromatic carbocycles. The maximum absolute atomic E-state index is 11.0. The van der Waals surface area contributed by atoms with Crippen LogP contribution in [0.15, 0.2) is 72.9 Å². The number of rotatable bonds is 5. The Morgan fingerprint density at radius 3 is 2.54 bits per heavy atom. The Balaban J connectivity index is 1.83. The first-order valence-electron chi connectivity index (χ1n) is 9.51. The fourth-order valence-corrected chi connectivity index (χ4v) is 3.44. The number of nitrogens with zero attached hydrogens (tertiary/aromatic N) is 2. The number of anilines is 1. The van der Waals surface area contributed by atoms with E-state index in [0.717, 1.165) is 34.4 Å². The predicted molar refractivity (Wildman–Crippen MR) is 114 cm³/mol. The maximum Gasteiger partial charge on any atom is 0.147 e. The minimum atomic E-state index is -0.244. The van der Waals surface area contributed by atoms with E-state index in [0.29, 0.717) is 5.52 Å². The highest BCUT2D eigenvalue weighted by Gasteiger charge is 2.20. The molecule has 2 aromatic heterocycles. The number of pyridine rings is 2. The zero-order valence-electron chi connectivity index (χ0n) is 16.1. The van der Waals surface area contributed by atoms with Crippen molar-refractivity contribution < 1.29 is 5.11 Å². The largest absolute Gasteiger partial charge is 0.505 e. The average Bonchev–Trinajstić information content (AvgIpc) is 2.73. The van der Waals surface area contributed by atoms with Crippen molar-refractivity contribution in [1.29, 1.82) is 0 Å². The van der Waals surface area contributed by atoms with Crippen LogP contribution in [0.1, 0.15) is 35.3 Å². The van der Waals surface area contributed by atoms with Crippen LogP contribution in [0.3, 0.4) is 0 Å². The maximum atomic E-state index is 11.0. The fourth-order valence-electron chi connectivity index (χ4n) is 3.44. The lowest BCUT2D eigenvalue weighted by Crippen LogP contribution is -2.14. The summed E-state index contributed by atoms with van der Waals surface area (Å²) in [5.74, 6) is 0.966. The van der Waals surface area contributed by atoms with E-state index in [-0.39, 0.29) is 11.8 Å². The highest BCUT2D eigenvalue weighted by molar-refractivity contribution is 5.86. The minimum absolute atomic E-state index is 0.197. The summed E-state index contributed by atoms with van der Waals surface area (Å²) in [5, 5.41) is 15.4. The molecule has 0 aliphatic carbocycles. The van der Waals surface area contributed by atoms with Gasteiger partial charge in [-0.2, -0.15) is 0 Å². The smallest absolute Gasteiger partial charge is 0.147 e. The van der Waals surface area contributed by atoms with Gasteiger partial charge in [0.25, 0.3) is 0 Å². The second kappa shape index (κ2) is 7.69. The normalized spacial score (nSPS) is 12.1. The van der Waals surface area contributed by atoms with Crippen molar-refractivity contribution in [2.24, 2.45) is 0 Å². The number of aromatic nitrogens is 2. The summed E-state index contributed by atoms with van der Waals surface area (Å²) in [6, 6.07) is 21.9. The molecule has 0 aliphatic rings. The Morgan fingerprint density at radius 2 is 1.79 bits per heavy atom. The third-order valence-corrected chi connectivity index (χ3v) is 4.99. The molecule has 4 aromatic rings. The van der Waals surface area contributed by atoms with Crippen LogP contribution in [0.2, 0.25) is 0 Å². The summed E-state index contributed by atoms with van der Waals surface area (Å²) in [6.07, 6.45) is 2.69. The number of phenols is 1. The van der Waals surface area contributed by atoms with Gasteiger partial charge >= 0.3 is 0 Å². The Kier molecular flexibility index (Phi) is 4.94. The first-order chi connectivity index (χ1) is 13.7. The third-order valence-electron chi connectivity index (χ3n) is 4.99. The van der Waals surface area contributed by atoms with Gasteiger partial charge in [-0.1, -0.05) is 55.5 Å². The number of nitrogens with one attached hydrogen (secondary N) is 1. The highest BCUT2D eigenvalue weighted by Crippen LogP contribution is 2.36. The second-order valence-corrected chi connectivity index (χ2v) is 6.92. The molecule has 0 aliphatic heterocycles. The standard InChI is InChI=1S/C24H23N3O/c1-3-17-9-11-19(12-10-17)22(27-21-8-4-6-16(2)26-21)20-14-13-18-7-5-15-25-23(18)24(20)28/h4-15,22,28H,3H2,1-2H3,(H,26,27). The number of benzene rings is 2. The lowest BCUT2D eigenvalue weighted by Gasteiger charge is -2.22. The molecule has 2 N–H and O–H groups in total. The van der Waals surface area contributed by atoms with E-state index in [1.54, 1.807) is 6.20 Å². The molecule has 0 radical (unpaired) electrons. The number of hydrogen-bond donors (Lipinski definition) is 2. The molecule has 2 heterocycles. The molecule has 140 valence electrons. The quantitative estimate of drug-likeness (QED) is 0.494. The van der Waals surface area contributed by atoms with E-state index in [4.69, 9.17) is 0 Å². The van der Waals surface area contributed by atoms with Gasteiger partial charge in [0.05, 0.1) is 6.04 Å². The Morgan fingerprint density at radius 1 is 0.964 bits per heavy atom. The molecule has 28 heavy (non-hydrogen) atoms. The van der Waals surface area contributed by atoms with Gasteiger partial charge in [0.2, 0.25) is 0 Å². The van der Waals surface area contributed by atoms with Crippen LogP contribution in [-0.4, -0.2) is 15.1 Å². The van der Waals surface area contributed by atoms with E-state index in [1.165, 1.54) is 5.56 Å². The third kappa shape index (κ3) is 3.54. The molecule has 0 spiro atoms.